The summed E-state index contributed by atoms with van der Waals surface area (Å²) in [5.41, 5.74) is 9.07. The number of hydrogen-bond donors (Lipinski definition) is 1. The van der Waals surface area contributed by atoms with Crippen LogP contribution in [0.5, 0.6) is 0 Å². The first kappa shape index (κ1) is 12.9. The lowest BCUT2D eigenvalue weighted by molar-refractivity contribution is 0.898. The van der Waals surface area contributed by atoms with Crippen LogP contribution in [0.2, 0.25) is 5.02 Å². The minimum Gasteiger partial charge on any atom is -0.370 e. The second-order valence-electron chi connectivity index (χ2n) is 4.19. The molecule has 0 saturated heterocycles. The van der Waals surface area contributed by atoms with Crippen LogP contribution in [-0.4, -0.2) is 12.0 Å². The standard InChI is InChI=1S/C14H16ClN3/c1-18(10-11-3-2-6-17-9-11)14-5-4-13(15)7-12(14)8-16/h2-7,9H,8,10,16H2,1H3. The summed E-state index contributed by atoms with van der Waals surface area (Å²) in [6.07, 6.45) is 3.64. The average Bonchev–Trinajstić information content (AvgIpc) is 2.39. The van der Waals surface area contributed by atoms with Gasteiger partial charge in [0.2, 0.25) is 0 Å². The van der Waals surface area contributed by atoms with Crippen LogP contribution in [0.3, 0.4) is 0 Å². The second-order valence-corrected chi connectivity index (χ2v) is 4.63. The van der Waals surface area contributed by atoms with E-state index in [-0.39, 0.29) is 0 Å². The second kappa shape index (κ2) is 5.85. The molecular weight excluding hydrogens is 246 g/mol. The van der Waals surface area contributed by atoms with Gasteiger partial charge in [-0.1, -0.05) is 17.7 Å². The molecule has 4 heteroatoms. The van der Waals surface area contributed by atoms with E-state index >= 15 is 0 Å². The van der Waals surface area contributed by atoms with Crippen LogP contribution < -0.4 is 10.6 Å². The Bertz CT molecular complexity index is 514. The molecule has 0 bridgehead atoms. The van der Waals surface area contributed by atoms with Crippen molar-refractivity contribution >= 4 is 17.3 Å². The number of halogens is 1. The van der Waals surface area contributed by atoms with Gasteiger partial charge in [-0.2, -0.15) is 0 Å². The van der Waals surface area contributed by atoms with Crippen LogP contribution in [0.1, 0.15) is 11.1 Å². The van der Waals surface area contributed by atoms with Crippen molar-refractivity contribution in [2.45, 2.75) is 13.1 Å². The number of nitrogens with zero attached hydrogens (tertiary/aromatic N) is 2. The van der Waals surface area contributed by atoms with Crippen LogP contribution in [0.4, 0.5) is 5.69 Å². The molecule has 1 aromatic heterocycles. The van der Waals surface area contributed by atoms with Gasteiger partial charge in [0, 0.05) is 43.2 Å². The van der Waals surface area contributed by atoms with E-state index in [9.17, 15) is 0 Å². The van der Waals surface area contributed by atoms with Crippen molar-refractivity contribution in [1.29, 1.82) is 0 Å². The van der Waals surface area contributed by atoms with E-state index in [0.717, 1.165) is 23.4 Å². The molecule has 94 valence electrons. The molecule has 0 fully saturated rings. The summed E-state index contributed by atoms with van der Waals surface area (Å²) in [6, 6.07) is 9.80. The van der Waals surface area contributed by atoms with Crippen LogP contribution in [0.15, 0.2) is 42.7 Å². The quantitative estimate of drug-likeness (QED) is 0.920. The summed E-state index contributed by atoms with van der Waals surface area (Å²) in [5.74, 6) is 0. The van der Waals surface area contributed by atoms with Crippen molar-refractivity contribution in [1.82, 2.24) is 4.98 Å². The maximum Gasteiger partial charge on any atom is 0.0441 e. The van der Waals surface area contributed by atoms with E-state index in [1.807, 2.05) is 37.5 Å². The molecule has 1 aromatic carbocycles. The summed E-state index contributed by atoms with van der Waals surface area (Å²) in [4.78, 5) is 6.26. The van der Waals surface area contributed by atoms with Gasteiger partial charge >= 0.3 is 0 Å². The maximum atomic E-state index is 5.98. The number of anilines is 1. The highest BCUT2D eigenvalue weighted by Crippen LogP contribution is 2.24. The fourth-order valence-electron chi connectivity index (χ4n) is 1.94. The molecule has 2 aromatic rings. The lowest BCUT2D eigenvalue weighted by Gasteiger charge is -2.22. The Morgan fingerprint density at radius 3 is 2.83 bits per heavy atom. The van der Waals surface area contributed by atoms with Gasteiger partial charge in [0.1, 0.15) is 0 Å². The molecule has 2 rings (SSSR count). The number of aromatic nitrogens is 1. The summed E-state index contributed by atoms with van der Waals surface area (Å²) in [7, 11) is 2.04. The van der Waals surface area contributed by atoms with Crippen molar-refractivity contribution in [2.75, 3.05) is 11.9 Å². The minimum absolute atomic E-state index is 0.479. The van der Waals surface area contributed by atoms with E-state index < -0.39 is 0 Å². The first-order chi connectivity index (χ1) is 8.70. The lowest BCUT2D eigenvalue weighted by atomic mass is 10.1. The van der Waals surface area contributed by atoms with Gasteiger partial charge in [0.25, 0.3) is 0 Å². The third-order valence-corrected chi connectivity index (χ3v) is 3.05. The molecule has 3 nitrogen and oxygen atoms in total. The van der Waals surface area contributed by atoms with Gasteiger partial charge in [-0.3, -0.25) is 4.98 Å². The Balaban J connectivity index is 2.21. The molecule has 0 radical (unpaired) electrons. The first-order valence-electron chi connectivity index (χ1n) is 5.79. The zero-order chi connectivity index (χ0) is 13.0. The largest absolute Gasteiger partial charge is 0.370 e. The van der Waals surface area contributed by atoms with E-state index in [4.69, 9.17) is 17.3 Å². The summed E-state index contributed by atoms with van der Waals surface area (Å²) >= 11 is 5.98. The molecule has 0 saturated carbocycles. The fourth-order valence-corrected chi connectivity index (χ4v) is 2.14. The van der Waals surface area contributed by atoms with Gasteiger partial charge < -0.3 is 10.6 Å². The Morgan fingerprint density at radius 2 is 2.17 bits per heavy atom. The van der Waals surface area contributed by atoms with Crippen LogP contribution in [0, 0.1) is 0 Å². The van der Waals surface area contributed by atoms with Gasteiger partial charge in [-0.25, -0.2) is 0 Å². The third kappa shape index (κ3) is 3.00. The molecule has 0 aliphatic carbocycles. The van der Waals surface area contributed by atoms with Gasteiger partial charge in [0.15, 0.2) is 0 Å². The minimum atomic E-state index is 0.479. The normalized spacial score (nSPS) is 10.4. The number of hydrogen-bond acceptors (Lipinski definition) is 3. The monoisotopic (exact) mass is 261 g/mol. The Morgan fingerprint density at radius 1 is 1.33 bits per heavy atom. The molecule has 0 spiro atoms. The Hall–Kier alpha value is -1.58. The number of nitrogens with two attached hydrogens (primary N) is 1. The predicted octanol–water partition coefficient (Wildman–Crippen LogP) is 2.83. The highest BCUT2D eigenvalue weighted by atomic mass is 35.5. The number of rotatable bonds is 4. The van der Waals surface area contributed by atoms with E-state index in [0.29, 0.717) is 11.6 Å². The number of benzene rings is 1. The van der Waals surface area contributed by atoms with Gasteiger partial charge in [0.05, 0.1) is 0 Å². The smallest absolute Gasteiger partial charge is 0.0441 e. The Kier molecular flexibility index (Phi) is 4.18. The zero-order valence-corrected chi connectivity index (χ0v) is 11.1. The van der Waals surface area contributed by atoms with Crippen LogP contribution in [-0.2, 0) is 13.1 Å². The molecule has 18 heavy (non-hydrogen) atoms. The van der Waals surface area contributed by atoms with Crippen molar-refractivity contribution in [3.8, 4) is 0 Å². The van der Waals surface area contributed by atoms with Crippen LogP contribution in [0.25, 0.3) is 0 Å². The van der Waals surface area contributed by atoms with E-state index in [2.05, 4.69) is 16.0 Å². The topological polar surface area (TPSA) is 42.2 Å². The van der Waals surface area contributed by atoms with Crippen molar-refractivity contribution in [3.05, 3.63) is 58.9 Å². The summed E-state index contributed by atoms with van der Waals surface area (Å²) < 4.78 is 0. The van der Waals surface area contributed by atoms with E-state index in [1.54, 1.807) is 6.20 Å². The van der Waals surface area contributed by atoms with Gasteiger partial charge in [-0.05, 0) is 35.4 Å². The molecule has 0 aliphatic heterocycles. The molecule has 1 heterocycles. The average molecular weight is 262 g/mol. The van der Waals surface area contributed by atoms with Crippen molar-refractivity contribution in [3.63, 3.8) is 0 Å². The maximum absolute atomic E-state index is 5.98. The molecule has 0 amide bonds. The SMILES string of the molecule is CN(Cc1cccnc1)c1ccc(Cl)cc1CN. The van der Waals surface area contributed by atoms with E-state index in [1.165, 1.54) is 0 Å². The first-order valence-corrected chi connectivity index (χ1v) is 6.17. The molecule has 0 unspecified atom stereocenters. The molecular formula is C14H16ClN3. The highest BCUT2D eigenvalue weighted by molar-refractivity contribution is 6.30. The predicted molar refractivity (Wildman–Crippen MR) is 75.7 cm³/mol. The highest BCUT2D eigenvalue weighted by Gasteiger charge is 2.07. The van der Waals surface area contributed by atoms with Gasteiger partial charge in [-0.15, -0.1) is 0 Å². The van der Waals surface area contributed by atoms with Crippen molar-refractivity contribution < 1.29 is 0 Å². The van der Waals surface area contributed by atoms with Crippen molar-refractivity contribution in [2.24, 2.45) is 5.73 Å². The summed E-state index contributed by atoms with van der Waals surface area (Å²) in [5, 5.41) is 0.717. The van der Waals surface area contributed by atoms with Crippen LogP contribution >= 0.6 is 11.6 Å². The Labute approximate surface area is 112 Å². The molecule has 0 aliphatic rings. The molecule has 0 atom stereocenters. The summed E-state index contributed by atoms with van der Waals surface area (Å²) in [6.45, 7) is 1.27. The molecule has 2 N–H and O–H groups in total. The zero-order valence-electron chi connectivity index (χ0n) is 10.3. The fraction of sp³-hybridized carbons (Fsp3) is 0.214. The number of pyridine rings is 1. The lowest BCUT2D eigenvalue weighted by Crippen LogP contribution is -2.19. The third-order valence-electron chi connectivity index (χ3n) is 2.82.